The highest BCUT2D eigenvalue weighted by molar-refractivity contribution is 5.92. The summed E-state index contributed by atoms with van der Waals surface area (Å²) in [5.41, 5.74) is 7.97. The number of hydrogen-bond acceptors (Lipinski definition) is 4. The van der Waals surface area contributed by atoms with Crippen molar-refractivity contribution in [3.8, 4) is 11.5 Å². The Balaban J connectivity index is 1.41. The number of para-hydroxylation sites is 1. The Morgan fingerprint density at radius 3 is 2.00 bits per heavy atom. The van der Waals surface area contributed by atoms with Gasteiger partial charge in [-0.1, -0.05) is 30.3 Å². The van der Waals surface area contributed by atoms with Crippen molar-refractivity contribution in [1.82, 2.24) is 0 Å². The molecule has 3 N–H and O–H groups in total. The second-order valence-corrected chi connectivity index (χ2v) is 6.00. The van der Waals surface area contributed by atoms with Crippen LogP contribution in [-0.4, -0.2) is 19.1 Å². The van der Waals surface area contributed by atoms with Crippen LogP contribution >= 0.6 is 0 Å². The molecule has 1 amide bonds. The quantitative estimate of drug-likeness (QED) is 0.471. The molecule has 5 heteroatoms. The third-order valence-electron chi connectivity index (χ3n) is 3.85. The molecule has 0 spiro atoms. The number of nitrogens with two attached hydrogens (primary N) is 1. The number of hydrogen-bond donors (Lipinski definition) is 2. The van der Waals surface area contributed by atoms with Gasteiger partial charge in [0, 0.05) is 11.4 Å². The zero-order valence-corrected chi connectivity index (χ0v) is 14.9. The predicted molar refractivity (Wildman–Crippen MR) is 107 cm³/mol. The Hall–Kier alpha value is -3.47. The highest BCUT2D eigenvalue weighted by atomic mass is 16.5. The maximum absolute atomic E-state index is 12.1. The lowest BCUT2D eigenvalue weighted by molar-refractivity contribution is -0.115. The predicted octanol–water partition coefficient (Wildman–Crippen LogP) is 3.91. The van der Waals surface area contributed by atoms with E-state index in [0.29, 0.717) is 25.3 Å². The molecule has 0 saturated carbocycles. The molecular formula is C22H22N2O3. The van der Waals surface area contributed by atoms with Crippen molar-refractivity contribution >= 4 is 17.3 Å². The number of amides is 1. The number of carbonyl (C=O) groups excluding carboxylic acids is 1. The van der Waals surface area contributed by atoms with Gasteiger partial charge in [0.05, 0.1) is 6.42 Å². The number of ether oxygens (including phenoxy) is 2. The highest BCUT2D eigenvalue weighted by Crippen LogP contribution is 2.16. The average Bonchev–Trinajstić information content (AvgIpc) is 2.69. The van der Waals surface area contributed by atoms with E-state index in [1.165, 1.54) is 0 Å². The van der Waals surface area contributed by atoms with Crippen LogP contribution in [0.2, 0.25) is 0 Å². The van der Waals surface area contributed by atoms with E-state index in [2.05, 4.69) is 5.32 Å². The standard InChI is InChI=1S/C22H22N2O3/c23-18-8-6-17(7-9-18)16-22(25)24-19-10-12-21(13-11-19)27-15-14-26-20-4-2-1-3-5-20/h1-13H,14-16,23H2,(H,24,25). The molecule has 0 aliphatic carbocycles. The Morgan fingerprint density at radius 2 is 1.37 bits per heavy atom. The lowest BCUT2D eigenvalue weighted by atomic mass is 10.1. The molecule has 27 heavy (non-hydrogen) atoms. The van der Waals surface area contributed by atoms with E-state index >= 15 is 0 Å². The number of nitrogens with one attached hydrogen (secondary N) is 1. The summed E-state index contributed by atoms with van der Waals surface area (Å²) in [7, 11) is 0. The molecule has 0 bridgehead atoms. The summed E-state index contributed by atoms with van der Waals surface area (Å²) in [6, 6.07) is 24.2. The molecule has 0 saturated heterocycles. The summed E-state index contributed by atoms with van der Waals surface area (Å²) in [4.78, 5) is 12.1. The second kappa shape index (κ2) is 9.29. The van der Waals surface area contributed by atoms with Gasteiger partial charge in [-0.15, -0.1) is 0 Å². The van der Waals surface area contributed by atoms with Gasteiger partial charge < -0.3 is 20.5 Å². The second-order valence-electron chi connectivity index (χ2n) is 6.00. The van der Waals surface area contributed by atoms with Crippen LogP contribution in [0.5, 0.6) is 11.5 Å². The minimum atomic E-state index is -0.0790. The van der Waals surface area contributed by atoms with Crippen molar-refractivity contribution in [2.24, 2.45) is 0 Å². The zero-order chi connectivity index (χ0) is 18.9. The van der Waals surface area contributed by atoms with Crippen molar-refractivity contribution in [2.75, 3.05) is 24.3 Å². The number of nitrogen functional groups attached to an aromatic ring is 1. The van der Waals surface area contributed by atoms with Gasteiger partial charge in [-0.3, -0.25) is 4.79 Å². The summed E-state index contributed by atoms with van der Waals surface area (Å²) in [5, 5.41) is 2.87. The van der Waals surface area contributed by atoms with Gasteiger partial charge in [0.1, 0.15) is 24.7 Å². The third kappa shape index (κ3) is 6.08. The van der Waals surface area contributed by atoms with Crippen molar-refractivity contribution in [3.63, 3.8) is 0 Å². The maximum Gasteiger partial charge on any atom is 0.228 e. The van der Waals surface area contributed by atoms with E-state index in [1.807, 2.05) is 66.7 Å². The van der Waals surface area contributed by atoms with Crippen LogP contribution in [-0.2, 0) is 11.2 Å². The molecule has 5 nitrogen and oxygen atoms in total. The van der Waals surface area contributed by atoms with Crippen LogP contribution < -0.4 is 20.5 Å². The van der Waals surface area contributed by atoms with Gasteiger partial charge in [0.2, 0.25) is 5.91 Å². The molecule has 0 aliphatic rings. The summed E-state index contributed by atoms with van der Waals surface area (Å²) in [6.07, 6.45) is 0.301. The number of rotatable bonds is 8. The summed E-state index contributed by atoms with van der Waals surface area (Å²) in [5.74, 6) is 1.47. The fourth-order valence-electron chi connectivity index (χ4n) is 2.50. The first-order valence-electron chi connectivity index (χ1n) is 8.74. The van der Waals surface area contributed by atoms with E-state index in [9.17, 15) is 4.79 Å². The lowest BCUT2D eigenvalue weighted by Gasteiger charge is -2.09. The van der Waals surface area contributed by atoms with Gasteiger partial charge in [-0.2, -0.15) is 0 Å². The van der Waals surface area contributed by atoms with Crippen molar-refractivity contribution in [3.05, 3.63) is 84.4 Å². The maximum atomic E-state index is 12.1. The van der Waals surface area contributed by atoms with Gasteiger partial charge in [-0.25, -0.2) is 0 Å². The van der Waals surface area contributed by atoms with Crippen LogP contribution in [0, 0.1) is 0 Å². The van der Waals surface area contributed by atoms with Crippen LogP contribution in [0.25, 0.3) is 0 Å². The van der Waals surface area contributed by atoms with Crippen LogP contribution in [0.15, 0.2) is 78.9 Å². The Bertz CT molecular complexity index is 847. The monoisotopic (exact) mass is 362 g/mol. The summed E-state index contributed by atoms with van der Waals surface area (Å²) >= 11 is 0. The van der Waals surface area contributed by atoms with Crippen molar-refractivity contribution in [2.45, 2.75) is 6.42 Å². The number of benzene rings is 3. The fourth-order valence-corrected chi connectivity index (χ4v) is 2.50. The van der Waals surface area contributed by atoms with Crippen molar-refractivity contribution in [1.29, 1.82) is 0 Å². The highest BCUT2D eigenvalue weighted by Gasteiger charge is 2.04. The Labute approximate surface area is 158 Å². The van der Waals surface area contributed by atoms with Gasteiger partial charge in [-0.05, 0) is 54.1 Å². The third-order valence-corrected chi connectivity index (χ3v) is 3.85. The zero-order valence-electron chi connectivity index (χ0n) is 14.9. The summed E-state index contributed by atoms with van der Waals surface area (Å²) < 4.78 is 11.2. The number of carbonyl (C=O) groups is 1. The lowest BCUT2D eigenvalue weighted by Crippen LogP contribution is -2.14. The molecule has 3 aromatic rings. The van der Waals surface area contributed by atoms with Gasteiger partial charge in [0.25, 0.3) is 0 Å². The van der Waals surface area contributed by atoms with E-state index in [-0.39, 0.29) is 5.91 Å². The van der Waals surface area contributed by atoms with Crippen LogP contribution in [0.1, 0.15) is 5.56 Å². The first-order valence-corrected chi connectivity index (χ1v) is 8.74. The fraction of sp³-hybridized carbons (Fsp3) is 0.136. The Morgan fingerprint density at radius 1 is 0.778 bits per heavy atom. The number of anilines is 2. The minimum absolute atomic E-state index is 0.0790. The molecule has 3 rings (SSSR count). The van der Waals surface area contributed by atoms with E-state index in [0.717, 1.165) is 22.7 Å². The van der Waals surface area contributed by atoms with Gasteiger partial charge >= 0.3 is 0 Å². The molecular weight excluding hydrogens is 340 g/mol. The SMILES string of the molecule is Nc1ccc(CC(=O)Nc2ccc(OCCOc3ccccc3)cc2)cc1. The molecule has 0 aromatic heterocycles. The molecule has 3 aromatic carbocycles. The molecule has 0 fully saturated rings. The van der Waals surface area contributed by atoms with E-state index < -0.39 is 0 Å². The topological polar surface area (TPSA) is 73.6 Å². The Kier molecular flexibility index (Phi) is 6.30. The normalized spacial score (nSPS) is 10.2. The van der Waals surface area contributed by atoms with Gasteiger partial charge in [0.15, 0.2) is 0 Å². The summed E-state index contributed by atoms with van der Waals surface area (Å²) in [6.45, 7) is 0.905. The molecule has 0 unspecified atom stereocenters. The van der Waals surface area contributed by atoms with Crippen molar-refractivity contribution < 1.29 is 14.3 Å². The van der Waals surface area contributed by atoms with Crippen LogP contribution in [0.4, 0.5) is 11.4 Å². The molecule has 0 heterocycles. The smallest absolute Gasteiger partial charge is 0.228 e. The largest absolute Gasteiger partial charge is 0.490 e. The minimum Gasteiger partial charge on any atom is -0.490 e. The molecule has 0 radical (unpaired) electrons. The average molecular weight is 362 g/mol. The molecule has 0 atom stereocenters. The van der Waals surface area contributed by atoms with E-state index in [1.54, 1.807) is 12.1 Å². The van der Waals surface area contributed by atoms with E-state index in [4.69, 9.17) is 15.2 Å². The van der Waals surface area contributed by atoms with Crippen LogP contribution in [0.3, 0.4) is 0 Å². The molecule has 138 valence electrons. The first-order chi connectivity index (χ1) is 13.2. The first kappa shape index (κ1) is 18.3. The molecule has 0 aliphatic heterocycles.